The molecule has 1 fully saturated rings. The van der Waals surface area contributed by atoms with Crippen molar-refractivity contribution in [3.05, 3.63) is 29.8 Å². The largest absolute Gasteiger partial charge is 0.508 e. The van der Waals surface area contributed by atoms with Crippen molar-refractivity contribution in [1.29, 1.82) is 0 Å². The Morgan fingerprint density at radius 3 is 1.91 bits per heavy atom. The maximum Gasteiger partial charge on any atom is 0.245 e. The molecule has 5 atom stereocenters. The topological polar surface area (TPSA) is 384 Å². The highest BCUT2D eigenvalue weighted by molar-refractivity contribution is 5.96. The Morgan fingerprint density at radius 2 is 1.35 bits per heavy atom. The summed E-state index contributed by atoms with van der Waals surface area (Å²) in [6.07, 6.45) is 1.43. The third-order valence-electron chi connectivity index (χ3n) is 8.41. The minimum atomic E-state index is -1.27. The molecular formula is C33H54N14O8. The molecule has 1 heterocycles. The van der Waals surface area contributed by atoms with Crippen LogP contribution in [0.5, 0.6) is 5.75 Å². The molecule has 22 nitrogen and oxygen atoms in total. The van der Waals surface area contributed by atoms with Gasteiger partial charge in [-0.3, -0.25) is 43.5 Å². The number of guanidine groups is 2. The number of nitrogens with one attached hydrogen (secondary N) is 5. The van der Waals surface area contributed by atoms with Crippen molar-refractivity contribution >= 4 is 53.3 Å². The second-order valence-corrected chi connectivity index (χ2v) is 12.8. The van der Waals surface area contributed by atoms with Crippen LogP contribution in [-0.4, -0.2) is 126 Å². The number of nitrogens with two attached hydrogens (primary N) is 6. The standard InChI is InChI=1S/C33H54N14O8/c1-18(28(52)46-22(6-3-13-41-33(38)39)31(55)47-14-4-7-24(47)27(35)51)43-29(53)21(5-2-12-40-32(36)37)45-30(54)23(15-19-8-10-20(48)11-9-19)44-26(50)17-42-25(49)16-34/h8-11,18,21-24,48H,2-7,12-17,34H2,1H3,(H2,35,51)(H,42,49)(H,43,53)(H,44,50)(H,45,54)(H,46,52)(H4,36,37,40)(H4,38,39,41)/t18-,21-,22-,23-,24-/m0/s1. The number of primary amides is 1. The Bertz CT molecular complexity index is 1560. The number of nitrogens with zero attached hydrogens (tertiary/aromatic N) is 3. The Kier molecular flexibility index (Phi) is 18.6. The van der Waals surface area contributed by atoms with Crippen molar-refractivity contribution in [3.63, 3.8) is 0 Å². The molecule has 0 unspecified atom stereocenters. The summed E-state index contributed by atoms with van der Waals surface area (Å²) in [7, 11) is 0. The van der Waals surface area contributed by atoms with Gasteiger partial charge in [-0.05, 0) is 63.1 Å². The number of amides is 7. The Morgan fingerprint density at radius 1 is 0.782 bits per heavy atom. The van der Waals surface area contributed by atoms with Crippen molar-refractivity contribution in [1.82, 2.24) is 31.5 Å². The minimum Gasteiger partial charge on any atom is -0.508 e. The highest BCUT2D eigenvalue weighted by atomic mass is 16.3. The summed E-state index contributed by atoms with van der Waals surface area (Å²) in [5.74, 6) is -5.21. The molecular weight excluding hydrogens is 720 g/mol. The number of phenols is 1. The lowest BCUT2D eigenvalue weighted by molar-refractivity contribution is -0.141. The van der Waals surface area contributed by atoms with Crippen molar-refractivity contribution < 1.29 is 38.7 Å². The van der Waals surface area contributed by atoms with E-state index in [1.165, 1.54) is 36.1 Å². The Labute approximate surface area is 318 Å². The zero-order chi connectivity index (χ0) is 41.1. The van der Waals surface area contributed by atoms with Crippen LogP contribution in [-0.2, 0) is 40.0 Å². The van der Waals surface area contributed by atoms with Crippen LogP contribution in [0.4, 0.5) is 0 Å². The predicted molar refractivity (Wildman–Crippen MR) is 201 cm³/mol. The van der Waals surface area contributed by atoms with Crippen molar-refractivity contribution in [2.45, 2.75) is 82.1 Å². The van der Waals surface area contributed by atoms with Gasteiger partial charge in [0.05, 0.1) is 13.1 Å². The van der Waals surface area contributed by atoms with E-state index in [9.17, 15) is 38.7 Å². The number of hydrogen-bond acceptors (Lipinski definition) is 11. The number of benzene rings is 1. The molecule has 7 amide bonds. The number of likely N-dealkylation sites (tertiary alicyclic amines) is 1. The van der Waals surface area contributed by atoms with Crippen LogP contribution in [0.3, 0.4) is 0 Å². The SMILES string of the molecule is C[C@H](NC(=O)[C@H](CCCN=C(N)N)NC(=O)[C@H](Cc1ccc(O)cc1)NC(=O)CNC(=O)CN)C(=O)N[C@@H](CCCN=C(N)N)C(=O)N1CCC[C@H]1C(N)=O. The van der Waals surface area contributed by atoms with Gasteiger partial charge in [-0.2, -0.15) is 0 Å². The van der Waals surface area contributed by atoms with Crippen LogP contribution in [0.25, 0.3) is 0 Å². The fourth-order valence-corrected chi connectivity index (χ4v) is 5.58. The monoisotopic (exact) mass is 774 g/mol. The molecule has 2 rings (SSSR count). The van der Waals surface area contributed by atoms with Gasteiger partial charge in [0.1, 0.15) is 36.0 Å². The molecule has 1 saturated heterocycles. The van der Waals surface area contributed by atoms with E-state index >= 15 is 0 Å². The molecule has 0 spiro atoms. The van der Waals surface area contributed by atoms with Crippen molar-refractivity contribution in [2.24, 2.45) is 44.4 Å². The molecule has 0 aliphatic carbocycles. The van der Waals surface area contributed by atoms with Crippen LogP contribution < -0.4 is 61.0 Å². The van der Waals surface area contributed by atoms with E-state index < -0.39 is 78.1 Å². The third kappa shape index (κ3) is 16.2. The average molecular weight is 775 g/mol. The van der Waals surface area contributed by atoms with E-state index in [1.807, 2.05) is 0 Å². The highest BCUT2D eigenvalue weighted by Gasteiger charge is 2.37. The molecule has 22 heteroatoms. The normalized spacial score (nSPS) is 15.6. The lowest BCUT2D eigenvalue weighted by Crippen LogP contribution is -2.58. The summed E-state index contributed by atoms with van der Waals surface area (Å²) in [6.45, 7) is 1.05. The quantitative estimate of drug-likeness (QED) is 0.0298. The molecule has 0 bridgehead atoms. The molecule has 304 valence electrons. The molecule has 1 aliphatic heterocycles. The minimum absolute atomic E-state index is 0.00943. The van der Waals surface area contributed by atoms with E-state index in [2.05, 4.69) is 36.6 Å². The first-order valence-electron chi connectivity index (χ1n) is 17.7. The van der Waals surface area contributed by atoms with Crippen molar-refractivity contribution in [2.75, 3.05) is 32.7 Å². The number of rotatable bonds is 22. The predicted octanol–water partition coefficient (Wildman–Crippen LogP) is -5.45. The zero-order valence-corrected chi connectivity index (χ0v) is 30.8. The van der Waals surface area contributed by atoms with Gasteiger partial charge in [-0.15, -0.1) is 0 Å². The van der Waals surface area contributed by atoms with Gasteiger partial charge in [-0.1, -0.05) is 12.1 Å². The van der Waals surface area contributed by atoms with Gasteiger partial charge < -0.3 is 71.0 Å². The second kappa shape index (κ2) is 22.8. The van der Waals surface area contributed by atoms with Gasteiger partial charge in [0.2, 0.25) is 41.4 Å². The smallest absolute Gasteiger partial charge is 0.245 e. The van der Waals surface area contributed by atoms with Gasteiger partial charge in [0, 0.05) is 26.1 Å². The van der Waals surface area contributed by atoms with E-state index in [1.54, 1.807) is 0 Å². The summed E-state index contributed by atoms with van der Waals surface area (Å²) in [4.78, 5) is 99.8. The van der Waals surface area contributed by atoms with E-state index in [0.717, 1.165) is 0 Å². The van der Waals surface area contributed by atoms with E-state index in [0.29, 0.717) is 18.4 Å². The lowest BCUT2D eigenvalue weighted by Gasteiger charge is -2.29. The summed E-state index contributed by atoms with van der Waals surface area (Å²) in [6, 6.07) is 0.135. The molecule has 0 radical (unpaired) electrons. The van der Waals surface area contributed by atoms with Crippen LogP contribution >= 0.6 is 0 Å². The zero-order valence-electron chi connectivity index (χ0n) is 30.8. The summed E-state index contributed by atoms with van der Waals surface area (Å²) in [5, 5.41) is 22.3. The number of hydrogen-bond donors (Lipinski definition) is 12. The molecule has 0 saturated carbocycles. The second-order valence-electron chi connectivity index (χ2n) is 12.8. The average Bonchev–Trinajstić information content (AvgIpc) is 3.63. The molecule has 0 aromatic heterocycles. The van der Waals surface area contributed by atoms with Gasteiger partial charge in [-0.25, -0.2) is 0 Å². The lowest BCUT2D eigenvalue weighted by atomic mass is 10.0. The Hall–Kier alpha value is -6.19. The molecule has 55 heavy (non-hydrogen) atoms. The first kappa shape index (κ1) is 45.0. The number of carbonyl (C=O) groups excluding carboxylic acids is 7. The maximum atomic E-state index is 13.7. The third-order valence-corrected chi connectivity index (χ3v) is 8.41. The van der Waals surface area contributed by atoms with Gasteiger partial charge in [0.15, 0.2) is 11.9 Å². The first-order valence-corrected chi connectivity index (χ1v) is 17.7. The molecule has 1 aromatic carbocycles. The number of aromatic hydroxyl groups is 1. The van der Waals surface area contributed by atoms with Crippen LogP contribution in [0.2, 0.25) is 0 Å². The number of phenolic OH excluding ortho intramolecular Hbond substituents is 1. The van der Waals surface area contributed by atoms with Gasteiger partial charge >= 0.3 is 0 Å². The fraction of sp³-hybridized carbons (Fsp3) is 0.545. The molecule has 1 aliphatic rings. The summed E-state index contributed by atoms with van der Waals surface area (Å²) >= 11 is 0. The van der Waals surface area contributed by atoms with Crippen LogP contribution in [0, 0.1) is 0 Å². The fourth-order valence-electron chi connectivity index (χ4n) is 5.58. The van der Waals surface area contributed by atoms with E-state index in [4.69, 9.17) is 34.4 Å². The first-order chi connectivity index (χ1) is 26.0. The highest BCUT2D eigenvalue weighted by Crippen LogP contribution is 2.19. The number of carbonyl (C=O) groups is 7. The van der Waals surface area contributed by atoms with Crippen LogP contribution in [0.1, 0.15) is 51.0 Å². The van der Waals surface area contributed by atoms with Crippen LogP contribution in [0.15, 0.2) is 34.3 Å². The summed E-state index contributed by atoms with van der Waals surface area (Å²) in [5.41, 5.74) is 33.0. The molecule has 1 aromatic rings. The van der Waals surface area contributed by atoms with Crippen molar-refractivity contribution in [3.8, 4) is 5.75 Å². The van der Waals surface area contributed by atoms with E-state index in [-0.39, 0.29) is 76.0 Å². The maximum absolute atomic E-state index is 13.7. The summed E-state index contributed by atoms with van der Waals surface area (Å²) < 4.78 is 0. The van der Waals surface area contributed by atoms with Gasteiger partial charge in [0.25, 0.3) is 0 Å². The number of aliphatic imine (C=N–C) groups is 2. The molecule has 18 N–H and O–H groups in total. The Balaban J connectivity index is 2.26.